The third-order valence-corrected chi connectivity index (χ3v) is 4.59. The Bertz CT molecular complexity index is 486. The Balaban J connectivity index is 1.84. The second-order valence-electron chi connectivity index (χ2n) is 5.91. The molecule has 1 heterocycles. The molecule has 3 atom stereocenters. The molecule has 2 N–H and O–H groups in total. The van der Waals surface area contributed by atoms with Crippen molar-refractivity contribution in [3.63, 3.8) is 0 Å². The Morgan fingerprint density at radius 3 is 2.55 bits per heavy atom. The van der Waals surface area contributed by atoms with Crippen LogP contribution in [0.2, 0.25) is 0 Å². The van der Waals surface area contributed by atoms with Gasteiger partial charge in [0.2, 0.25) is 0 Å². The third-order valence-electron chi connectivity index (χ3n) is 4.59. The maximum Gasteiger partial charge on any atom is 0.149 e. The molecule has 1 aliphatic carbocycles. The van der Waals surface area contributed by atoms with E-state index in [2.05, 4.69) is 5.32 Å². The molecule has 20 heavy (non-hydrogen) atoms. The van der Waals surface area contributed by atoms with Gasteiger partial charge in [-0.15, -0.1) is 0 Å². The highest BCUT2D eigenvalue weighted by Gasteiger charge is 2.43. The smallest absolute Gasteiger partial charge is 0.149 e. The summed E-state index contributed by atoms with van der Waals surface area (Å²) in [6.07, 6.45) is 1.44. The molecule has 3 unspecified atom stereocenters. The zero-order valence-electron chi connectivity index (χ0n) is 11.6. The molecule has 1 aromatic rings. The van der Waals surface area contributed by atoms with Crippen LogP contribution in [0.3, 0.4) is 0 Å². The minimum atomic E-state index is -0.510. The second kappa shape index (κ2) is 5.30. The fourth-order valence-corrected chi connectivity index (χ4v) is 3.65. The van der Waals surface area contributed by atoms with Gasteiger partial charge in [-0.25, -0.2) is 8.78 Å². The fraction of sp³-hybridized carbons (Fsp3) is 0.600. The first-order valence-electron chi connectivity index (χ1n) is 7.15. The van der Waals surface area contributed by atoms with E-state index in [1.165, 1.54) is 12.1 Å². The molecule has 3 rings (SSSR count). The lowest BCUT2D eigenvalue weighted by atomic mass is 10.00. The molecular formula is C15H20F2N2O. The van der Waals surface area contributed by atoms with Crippen molar-refractivity contribution in [2.75, 3.05) is 25.0 Å². The van der Waals surface area contributed by atoms with Gasteiger partial charge in [0, 0.05) is 25.6 Å². The van der Waals surface area contributed by atoms with Crippen LogP contribution in [0.25, 0.3) is 0 Å². The highest BCUT2D eigenvalue weighted by molar-refractivity contribution is 5.52. The molecule has 1 aromatic carbocycles. The van der Waals surface area contributed by atoms with Crippen LogP contribution in [0.5, 0.6) is 0 Å². The first kappa shape index (κ1) is 13.8. The van der Waals surface area contributed by atoms with E-state index in [4.69, 9.17) is 0 Å². The number of hydrogen-bond donors (Lipinski definition) is 2. The van der Waals surface area contributed by atoms with Gasteiger partial charge in [-0.2, -0.15) is 0 Å². The summed E-state index contributed by atoms with van der Waals surface area (Å²) < 4.78 is 28.4. The van der Waals surface area contributed by atoms with Gasteiger partial charge in [0.15, 0.2) is 0 Å². The lowest BCUT2D eigenvalue weighted by Crippen LogP contribution is -2.26. The molecule has 0 radical (unpaired) electrons. The van der Waals surface area contributed by atoms with Crippen molar-refractivity contribution in [2.45, 2.75) is 25.5 Å². The molecule has 0 bridgehead atoms. The van der Waals surface area contributed by atoms with Gasteiger partial charge in [0.25, 0.3) is 0 Å². The number of fused-ring (bicyclic) bond motifs is 1. The summed E-state index contributed by atoms with van der Waals surface area (Å²) in [7, 11) is 1.74. The van der Waals surface area contributed by atoms with E-state index in [1.54, 1.807) is 11.9 Å². The third kappa shape index (κ3) is 2.29. The van der Waals surface area contributed by atoms with Crippen LogP contribution < -0.4 is 10.2 Å². The lowest BCUT2D eigenvalue weighted by Gasteiger charge is -2.22. The number of rotatable bonds is 3. The van der Waals surface area contributed by atoms with Gasteiger partial charge in [0.1, 0.15) is 17.3 Å². The number of hydrogen-bond acceptors (Lipinski definition) is 3. The number of halogens is 2. The molecule has 0 amide bonds. The molecule has 1 saturated heterocycles. The topological polar surface area (TPSA) is 35.5 Å². The number of benzene rings is 1. The van der Waals surface area contributed by atoms with E-state index >= 15 is 0 Å². The maximum absolute atomic E-state index is 14.2. The van der Waals surface area contributed by atoms with E-state index in [-0.39, 0.29) is 17.7 Å². The largest absolute Gasteiger partial charge is 0.393 e. The van der Waals surface area contributed by atoms with Crippen LogP contribution in [-0.2, 0) is 6.54 Å². The minimum Gasteiger partial charge on any atom is -0.393 e. The Morgan fingerprint density at radius 1 is 1.25 bits per heavy atom. The highest BCUT2D eigenvalue weighted by atomic mass is 19.1. The molecular weight excluding hydrogens is 262 g/mol. The average Bonchev–Trinajstić information content (AvgIpc) is 2.92. The van der Waals surface area contributed by atoms with E-state index in [0.29, 0.717) is 31.1 Å². The zero-order valence-corrected chi connectivity index (χ0v) is 11.6. The first-order valence-corrected chi connectivity index (χ1v) is 7.15. The molecule has 110 valence electrons. The standard InChI is InChI=1S/C15H20F2N2O/c1-18-6-9-4-12(16)15(13(17)5-9)19-7-10-2-3-14(20)11(10)8-19/h4-5,10-11,14,18,20H,2-3,6-8H2,1H3. The number of nitrogens with one attached hydrogen (secondary N) is 1. The summed E-state index contributed by atoms with van der Waals surface area (Å²) >= 11 is 0. The van der Waals surface area contributed by atoms with Gasteiger partial charge < -0.3 is 15.3 Å². The predicted molar refractivity (Wildman–Crippen MR) is 73.6 cm³/mol. The van der Waals surface area contributed by atoms with Crippen LogP contribution in [0, 0.1) is 23.5 Å². The summed E-state index contributed by atoms with van der Waals surface area (Å²) in [6.45, 7) is 1.63. The normalized spacial score (nSPS) is 29.0. The van der Waals surface area contributed by atoms with Gasteiger partial charge in [0.05, 0.1) is 6.10 Å². The van der Waals surface area contributed by atoms with Crippen molar-refractivity contribution in [2.24, 2.45) is 11.8 Å². The maximum atomic E-state index is 14.2. The molecule has 1 aliphatic heterocycles. The summed E-state index contributed by atoms with van der Waals surface area (Å²) in [6, 6.07) is 2.78. The Kier molecular flexibility index (Phi) is 3.65. The summed E-state index contributed by atoms with van der Waals surface area (Å²) in [5, 5.41) is 12.8. The van der Waals surface area contributed by atoms with E-state index in [1.807, 2.05) is 0 Å². The predicted octanol–water partition coefficient (Wildman–Crippen LogP) is 1.89. The molecule has 0 aromatic heterocycles. The van der Waals surface area contributed by atoms with E-state index in [9.17, 15) is 13.9 Å². The van der Waals surface area contributed by atoms with Crippen LogP contribution in [0.1, 0.15) is 18.4 Å². The van der Waals surface area contributed by atoms with Crippen LogP contribution in [-0.4, -0.2) is 31.3 Å². The van der Waals surface area contributed by atoms with Crippen LogP contribution in [0.15, 0.2) is 12.1 Å². The zero-order chi connectivity index (χ0) is 14.3. The lowest BCUT2D eigenvalue weighted by molar-refractivity contribution is 0.133. The quantitative estimate of drug-likeness (QED) is 0.889. The molecule has 2 aliphatic rings. The number of aliphatic hydroxyl groups is 1. The summed E-state index contributed by atoms with van der Waals surface area (Å²) in [5.74, 6) is -0.499. The Labute approximate surface area is 117 Å². The van der Waals surface area contributed by atoms with Crippen molar-refractivity contribution in [1.82, 2.24) is 5.32 Å². The van der Waals surface area contributed by atoms with Crippen molar-refractivity contribution >= 4 is 5.69 Å². The fourth-order valence-electron chi connectivity index (χ4n) is 3.65. The SMILES string of the molecule is CNCc1cc(F)c(N2CC3CCC(O)C3C2)c(F)c1. The molecule has 3 nitrogen and oxygen atoms in total. The van der Waals surface area contributed by atoms with Crippen LogP contribution in [0.4, 0.5) is 14.5 Å². The second-order valence-corrected chi connectivity index (χ2v) is 5.91. The Morgan fingerprint density at radius 2 is 1.95 bits per heavy atom. The van der Waals surface area contributed by atoms with Crippen molar-refractivity contribution in [3.8, 4) is 0 Å². The monoisotopic (exact) mass is 282 g/mol. The summed E-state index contributed by atoms with van der Waals surface area (Å²) in [4.78, 5) is 1.76. The highest BCUT2D eigenvalue weighted by Crippen LogP contribution is 2.41. The number of anilines is 1. The van der Waals surface area contributed by atoms with Crippen molar-refractivity contribution in [1.29, 1.82) is 0 Å². The summed E-state index contributed by atoms with van der Waals surface area (Å²) in [5.41, 5.74) is 0.664. The van der Waals surface area contributed by atoms with Gasteiger partial charge in [-0.1, -0.05) is 0 Å². The van der Waals surface area contributed by atoms with Gasteiger partial charge >= 0.3 is 0 Å². The number of aliphatic hydroxyl groups excluding tert-OH is 1. The molecule has 2 fully saturated rings. The van der Waals surface area contributed by atoms with Gasteiger partial charge in [-0.3, -0.25) is 0 Å². The van der Waals surface area contributed by atoms with Gasteiger partial charge in [-0.05, 0) is 43.5 Å². The number of nitrogens with zero attached hydrogens (tertiary/aromatic N) is 1. The first-order chi connectivity index (χ1) is 9.60. The minimum absolute atomic E-state index is 0.0615. The molecule has 1 saturated carbocycles. The van der Waals surface area contributed by atoms with E-state index in [0.717, 1.165) is 12.8 Å². The molecule has 5 heteroatoms. The van der Waals surface area contributed by atoms with E-state index < -0.39 is 11.6 Å². The average molecular weight is 282 g/mol. The van der Waals surface area contributed by atoms with Crippen LogP contribution >= 0.6 is 0 Å². The van der Waals surface area contributed by atoms with Crippen molar-refractivity contribution in [3.05, 3.63) is 29.3 Å². The van der Waals surface area contributed by atoms with Crippen molar-refractivity contribution < 1.29 is 13.9 Å². The Hall–Kier alpha value is -1.20. The molecule has 0 spiro atoms.